The Morgan fingerprint density at radius 2 is 2.14 bits per heavy atom. The molecule has 1 amide bonds. The lowest BCUT2D eigenvalue weighted by Crippen LogP contribution is -2.44. The highest BCUT2D eigenvalue weighted by molar-refractivity contribution is 6.32. The van der Waals surface area contributed by atoms with E-state index in [9.17, 15) is 13.6 Å². The fourth-order valence-corrected chi connectivity index (χ4v) is 4.49. The van der Waals surface area contributed by atoms with Gasteiger partial charge in [-0.15, -0.1) is 0 Å². The summed E-state index contributed by atoms with van der Waals surface area (Å²) < 4.78 is 28.4. The molecule has 3 aliphatic rings. The van der Waals surface area contributed by atoms with Crippen molar-refractivity contribution in [2.75, 3.05) is 5.32 Å². The van der Waals surface area contributed by atoms with Crippen molar-refractivity contribution in [1.82, 2.24) is 24.6 Å². The van der Waals surface area contributed by atoms with Crippen molar-refractivity contribution in [3.63, 3.8) is 0 Å². The minimum atomic E-state index is -2.84. The van der Waals surface area contributed by atoms with Crippen molar-refractivity contribution in [2.24, 2.45) is 13.0 Å². The van der Waals surface area contributed by atoms with Gasteiger partial charge < -0.3 is 10.2 Å². The zero-order valence-corrected chi connectivity index (χ0v) is 16.4. The first kappa shape index (κ1) is 18.5. The maximum atomic E-state index is 13.4. The summed E-state index contributed by atoms with van der Waals surface area (Å²) in [5, 5.41) is 7.60. The first-order valence-electron chi connectivity index (χ1n) is 9.51. The van der Waals surface area contributed by atoms with Crippen LogP contribution in [-0.2, 0) is 11.8 Å². The lowest BCUT2D eigenvalue weighted by atomic mass is 9.97. The average molecular weight is 421 g/mol. The molecule has 1 aliphatic carbocycles. The molecule has 0 aromatic carbocycles. The van der Waals surface area contributed by atoms with Gasteiger partial charge in [0.1, 0.15) is 5.92 Å². The Balaban J connectivity index is 1.40. The number of anilines is 2. The predicted molar refractivity (Wildman–Crippen MR) is 103 cm³/mol. The van der Waals surface area contributed by atoms with Crippen molar-refractivity contribution in [2.45, 2.75) is 43.7 Å². The number of fused-ring (bicyclic) bond motifs is 2. The molecule has 0 radical (unpaired) electrons. The van der Waals surface area contributed by atoms with Crippen LogP contribution in [0, 0.1) is 5.92 Å². The normalized spacial score (nSPS) is 27.0. The average Bonchev–Trinajstić information content (AvgIpc) is 2.97. The number of aromatic nitrogens is 4. The predicted octanol–water partition coefficient (Wildman–Crippen LogP) is 3.41. The number of carbonyl (C=O) groups excluding carboxylic acids is 1. The third-order valence-electron chi connectivity index (χ3n) is 5.78. The summed E-state index contributed by atoms with van der Waals surface area (Å²) >= 11 is 6.36. The van der Waals surface area contributed by atoms with E-state index in [1.54, 1.807) is 22.0 Å². The van der Waals surface area contributed by atoms with Crippen molar-refractivity contribution < 1.29 is 13.6 Å². The summed E-state index contributed by atoms with van der Waals surface area (Å²) in [6.07, 6.45) is 8.71. The van der Waals surface area contributed by atoms with E-state index in [4.69, 9.17) is 11.6 Å². The molecule has 1 N–H and O–H groups in total. The van der Waals surface area contributed by atoms with Crippen molar-refractivity contribution in [3.05, 3.63) is 35.4 Å². The van der Waals surface area contributed by atoms with E-state index in [0.717, 1.165) is 24.1 Å². The number of aryl methyl sites for hydroxylation is 1. The summed E-state index contributed by atoms with van der Waals surface area (Å²) in [4.78, 5) is 23.0. The van der Waals surface area contributed by atoms with Crippen LogP contribution in [0.3, 0.4) is 0 Å². The molecule has 2 aromatic heterocycles. The third-order valence-corrected chi connectivity index (χ3v) is 6.06. The van der Waals surface area contributed by atoms with Gasteiger partial charge in [0.2, 0.25) is 11.9 Å². The monoisotopic (exact) mass is 420 g/mol. The van der Waals surface area contributed by atoms with E-state index < -0.39 is 17.7 Å². The number of hydrogen-bond acceptors (Lipinski definition) is 5. The van der Waals surface area contributed by atoms with Gasteiger partial charge in [0, 0.05) is 25.7 Å². The van der Waals surface area contributed by atoms with Crippen LogP contribution in [0.4, 0.5) is 20.4 Å². The summed E-state index contributed by atoms with van der Waals surface area (Å²) in [5.41, 5.74) is 2.28. The second-order valence-corrected chi connectivity index (χ2v) is 8.28. The second-order valence-electron chi connectivity index (χ2n) is 7.88. The number of rotatable bonds is 4. The molecule has 4 heterocycles. The van der Waals surface area contributed by atoms with E-state index >= 15 is 0 Å². The van der Waals surface area contributed by atoms with E-state index in [1.807, 2.05) is 13.1 Å². The molecule has 2 bridgehead atoms. The molecule has 2 fully saturated rings. The number of nitrogens with zero attached hydrogens (tertiary/aromatic N) is 5. The molecular weight excluding hydrogens is 402 g/mol. The van der Waals surface area contributed by atoms with Crippen LogP contribution in [0.15, 0.2) is 24.7 Å². The number of amides is 1. The minimum Gasteiger partial charge on any atom is -0.332 e. The SMILES string of the molecule is Cn1cc(Nc2ncc(Cl)c(C3=CC4CCC(C3)N4C(=O)C3CC3(F)F)n2)cn1. The zero-order valence-electron chi connectivity index (χ0n) is 15.6. The van der Waals surface area contributed by atoms with Gasteiger partial charge in [0.25, 0.3) is 5.92 Å². The highest BCUT2D eigenvalue weighted by atomic mass is 35.5. The Labute approximate surface area is 170 Å². The van der Waals surface area contributed by atoms with Crippen LogP contribution in [0.1, 0.15) is 31.4 Å². The van der Waals surface area contributed by atoms with Crippen LogP contribution in [0.5, 0.6) is 0 Å². The number of hydrogen-bond donors (Lipinski definition) is 1. The lowest BCUT2D eigenvalue weighted by Gasteiger charge is -2.34. The summed E-state index contributed by atoms with van der Waals surface area (Å²) in [6.45, 7) is 0. The van der Waals surface area contributed by atoms with Gasteiger partial charge in [0.05, 0.1) is 34.8 Å². The van der Waals surface area contributed by atoms with E-state index in [1.165, 1.54) is 6.20 Å². The standard InChI is InChI=1S/C19H19ClF2N6O/c1-27-9-11(7-24-27)25-18-23-8-15(20)16(26-18)10-4-12-2-3-13(5-10)28(12)17(29)14-6-19(14,21)22/h4,7-9,12-14H,2-3,5-6H2,1H3,(H,23,25,26). The van der Waals surface area contributed by atoms with Crippen molar-refractivity contribution >= 4 is 34.7 Å². The number of alkyl halides is 2. The third kappa shape index (κ3) is 3.27. The number of nitrogens with one attached hydrogen (secondary N) is 1. The quantitative estimate of drug-likeness (QED) is 0.820. The smallest absolute Gasteiger partial charge is 0.260 e. The highest BCUT2D eigenvalue weighted by Gasteiger charge is 2.63. The van der Waals surface area contributed by atoms with Gasteiger partial charge in [0.15, 0.2) is 0 Å². The number of carbonyl (C=O) groups is 1. The highest BCUT2D eigenvalue weighted by Crippen LogP contribution is 2.51. The lowest BCUT2D eigenvalue weighted by molar-refractivity contribution is -0.137. The van der Waals surface area contributed by atoms with Gasteiger partial charge in [-0.1, -0.05) is 17.7 Å². The molecule has 5 rings (SSSR count). The van der Waals surface area contributed by atoms with Crippen LogP contribution in [-0.4, -0.2) is 48.6 Å². The second kappa shape index (κ2) is 6.48. The van der Waals surface area contributed by atoms with E-state index in [2.05, 4.69) is 20.4 Å². The van der Waals surface area contributed by atoms with Crippen LogP contribution < -0.4 is 5.32 Å². The summed E-state index contributed by atoms with van der Waals surface area (Å²) in [6, 6.07) is -0.280. The van der Waals surface area contributed by atoms with Crippen molar-refractivity contribution in [1.29, 1.82) is 0 Å². The summed E-state index contributed by atoms with van der Waals surface area (Å²) in [7, 11) is 1.81. The molecule has 2 aromatic rings. The Kier molecular flexibility index (Phi) is 4.13. The maximum absolute atomic E-state index is 13.4. The first-order chi connectivity index (χ1) is 13.8. The van der Waals surface area contributed by atoms with Crippen LogP contribution in [0.2, 0.25) is 5.02 Å². The molecule has 152 valence electrons. The van der Waals surface area contributed by atoms with Crippen LogP contribution in [0.25, 0.3) is 5.57 Å². The van der Waals surface area contributed by atoms with Gasteiger partial charge in [-0.05, 0) is 24.8 Å². The fourth-order valence-electron chi connectivity index (χ4n) is 4.28. The van der Waals surface area contributed by atoms with E-state index in [0.29, 0.717) is 23.1 Å². The molecule has 1 saturated heterocycles. The van der Waals surface area contributed by atoms with Gasteiger partial charge in [-0.2, -0.15) is 5.10 Å². The molecular formula is C19H19ClF2N6O. The first-order valence-corrected chi connectivity index (χ1v) is 9.89. The molecule has 10 heteroatoms. The van der Waals surface area contributed by atoms with Crippen molar-refractivity contribution in [3.8, 4) is 0 Å². The van der Waals surface area contributed by atoms with Gasteiger partial charge >= 0.3 is 0 Å². The molecule has 3 unspecified atom stereocenters. The topological polar surface area (TPSA) is 75.9 Å². The van der Waals surface area contributed by atoms with Gasteiger partial charge in [-0.25, -0.2) is 18.7 Å². The molecule has 1 saturated carbocycles. The Morgan fingerprint density at radius 1 is 1.34 bits per heavy atom. The largest absolute Gasteiger partial charge is 0.332 e. The Bertz CT molecular complexity index is 1020. The fraction of sp³-hybridized carbons (Fsp3) is 0.474. The molecule has 29 heavy (non-hydrogen) atoms. The summed E-state index contributed by atoms with van der Waals surface area (Å²) in [5.74, 6) is -4.03. The minimum absolute atomic E-state index is 0.0929. The Hall–Kier alpha value is -2.55. The molecule has 7 nitrogen and oxygen atoms in total. The Morgan fingerprint density at radius 3 is 2.79 bits per heavy atom. The maximum Gasteiger partial charge on any atom is 0.260 e. The molecule has 2 aliphatic heterocycles. The van der Waals surface area contributed by atoms with E-state index in [-0.39, 0.29) is 18.5 Å². The van der Waals surface area contributed by atoms with Crippen LogP contribution >= 0.6 is 11.6 Å². The zero-order chi connectivity index (χ0) is 20.3. The number of halogens is 3. The molecule has 0 spiro atoms. The van der Waals surface area contributed by atoms with Gasteiger partial charge in [-0.3, -0.25) is 9.48 Å². The molecule has 3 atom stereocenters.